The molecule has 3 N–H and O–H groups in total. The number of fused-ring (bicyclic) bond motifs is 1. The number of nitrogens with zero attached hydrogens (tertiary/aromatic N) is 3. The van der Waals surface area contributed by atoms with Crippen LogP contribution in [0, 0.1) is 0 Å². The maximum atomic E-state index is 14.0. The second-order valence-electron chi connectivity index (χ2n) is 10.1. The molecule has 0 spiro atoms. The van der Waals surface area contributed by atoms with Crippen molar-refractivity contribution >= 4 is 39.2 Å². The zero-order valence-corrected chi connectivity index (χ0v) is 25.2. The Hall–Kier alpha value is -3.66. The summed E-state index contributed by atoms with van der Waals surface area (Å²) in [6.07, 6.45) is -4.26. The number of hydrogen-bond donors (Lipinski definition) is 3. The highest BCUT2D eigenvalue weighted by Crippen LogP contribution is 2.40. The van der Waals surface area contributed by atoms with Crippen LogP contribution in [0.1, 0.15) is 40.5 Å². The minimum absolute atomic E-state index is 0. The highest BCUT2D eigenvalue weighted by molar-refractivity contribution is 7.88. The number of sulfonamides is 1. The highest BCUT2D eigenvalue weighted by Gasteiger charge is 2.41. The van der Waals surface area contributed by atoms with Gasteiger partial charge in [-0.3, -0.25) is 4.79 Å². The molecule has 16 heteroatoms. The topological polar surface area (TPSA) is 135 Å². The predicted molar refractivity (Wildman–Crippen MR) is 161 cm³/mol. The number of amides is 1. The average Bonchev–Trinajstić information content (AvgIpc) is 3.23. The summed E-state index contributed by atoms with van der Waals surface area (Å²) in [4.78, 5) is 22.3. The van der Waals surface area contributed by atoms with Gasteiger partial charge in [0.2, 0.25) is 21.9 Å². The Labute approximate surface area is 259 Å². The molecule has 0 saturated heterocycles. The second-order valence-corrected chi connectivity index (χ2v) is 12.2. The normalized spacial score (nSPS) is 16.2. The van der Waals surface area contributed by atoms with Gasteiger partial charge in [0.15, 0.2) is 0 Å². The van der Waals surface area contributed by atoms with Crippen molar-refractivity contribution in [2.75, 3.05) is 45.9 Å². The first-order valence-corrected chi connectivity index (χ1v) is 15.2. The number of carbonyl (C=O) groups excluding carboxylic acids is 1. The Morgan fingerprint density at radius 2 is 1.91 bits per heavy atom. The van der Waals surface area contributed by atoms with Crippen LogP contribution in [-0.2, 0) is 22.6 Å². The summed E-state index contributed by atoms with van der Waals surface area (Å²) in [5, 5.41) is 5.57. The van der Waals surface area contributed by atoms with Gasteiger partial charge in [0.1, 0.15) is 17.4 Å². The van der Waals surface area contributed by atoms with Crippen molar-refractivity contribution in [3.8, 4) is 11.6 Å². The smallest absolute Gasteiger partial charge is 0.423 e. The molecule has 1 heterocycles. The number of anilines is 2. The van der Waals surface area contributed by atoms with E-state index in [4.69, 9.17) is 21.1 Å². The van der Waals surface area contributed by atoms with E-state index in [0.29, 0.717) is 24.8 Å². The van der Waals surface area contributed by atoms with Gasteiger partial charge in [0.05, 0.1) is 35.7 Å². The molecular weight excluding hydrogens is 625 g/mol. The van der Waals surface area contributed by atoms with Crippen molar-refractivity contribution < 1.29 is 35.9 Å². The number of aromatic nitrogens is 2. The van der Waals surface area contributed by atoms with Crippen LogP contribution in [-0.4, -0.2) is 75.8 Å². The first-order valence-electron chi connectivity index (χ1n) is 12.9. The maximum Gasteiger partial charge on any atom is 0.423 e. The van der Waals surface area contributed by atoms with E-state index < -0.39 is 45.7 Å². The van der Waals surface area contributed by atoms with Crippen LogP contribution in [0.4, 0.5) is 24.8 Å². The number of halogens is 4. The minimum Gasteiger partial charge on any atom is -0.495 e. The molecular formula is C28H34ClF3N6O5S. The molecule has 0 bridgehead atoms. The third-order valence-electron chi connectivity index (χ3n) is 6.47. The molecule has 1 amide bonds. The second kappa shape index (κ2) is 14.0. The van der Waals surface area contributed by atoms with E-state index in [9.17, 15) is 26.4 Å². The third-order valence-corrected chi connectivity index (χ3v) is 7.47. The van der Waals surface area contributed by atoms with E-state index in [0.717, 1.165) is 11.8 Å². The van der Waals surface area contributed by atoms with Crippen LogP contribution in [0.15, 0.2) is 42.6 Å². The summed E-state index contributed by atoms with van der Waals surface area (Å²) in [5.74, 6) is -1.38. The lowest BCUT2D eigenvalue weighted by molar-refractivity contribution is -0.140. The molecule has 0 saturated carbocycles. The largest absolute Gasteiger partial charge is 0.495 e. The Morgan fingerprint density at radius 3 is 2.55 bits per heavy atom. The van der Waals surface area contributed by atoms with Gasteiger partial charge in [-0.05, 0) is 37.4 Å². The Balaban J connectivity index is 0.00000529. The molecule has 240 valence electrons. The van der Waals surface area contributed by atoms with E-state index in [1.165, 1.54) is 19.2 Å². The Kier molecular flexibility index (Phi) is 11.1. The summed E-state index contributed by atoms with van der Waals surface area (Å²) < 4.78 is 79.7. The fourth-order valence-corrected chi connectivity index (χ4v) is 5.48. The van der Waals surface area contributed by atoms with Crippen LogP contribution >= 0.6 is 11.6 Å². The van der Waals surface area contributed by atoms with Crippen LogP contribution in [0.5, 0.6) is 11.6 Å². The summed E-state index contributed by atoms with van der Waals surface area (Å²) in [5.41, 5.74) is 0.365. The number of likely N-dealkylation sites (N-methyl/N-ethyl adjacent to an activating group) is 1. The van der Waals surface area contributed by atoms with Crippen molar-refractivity contribution in [3.63, 3.8) is 0 Å². The van der Waals surface area contributed by atoms with Gasteiger partial charge >= 0.3 is 6.18 Å². The first kappa shape index (κ1) is 34.8. The van der Waals surface area contributed by atoms with Crippen molar-refractivity contribution in [2.45, 2.75) is 32.2 Å². The molecule has 0 radical (unpaired) electrons. The molecule has 44 heavy (non-hydrogen) atoms. The molecule has 2 aromatic carbocycles. The number of benzene rings is 2. The average molecular weight is 659 g/mol. The van der Waals surface area contributed by atoms with Crippen LogP contribution in [0.3, 0.4) is 0 Å². The molecule has 1 aliphatic rings. The van der Waals surface area contributed by atoms with Crippen LogP contribution in [0.25, 0.3) is 0 Å². The first-order chi connectivity index (χ1) is 20.2. The van der Waals surface area contributed by atoms with Gasteiger partial charge in [0.25, 0.3) is 5.91 Å². The molecule has 3 aromatic rings. The highest BCUT2D eigenvalue weighted by atomic mass is 35.5. The molecule has 1 aliphatic carbocycles. The number of carbonyl (C=O) groups is 1. The van der Waals surface area contributed by atoms with Gasteiger partial charge in [-0.15, -0.1) is 0 Å². The van der Waals surface area contributed by atoms with Gasteiger partial charge in [-0.1, -0.05) is 43.3 Å². The molecule has 1 aromatic heterocycles. The molecule has 2 atom stereocenters. The quantitative estimate of drug-likeness (QED) is 0.274. The van der Waals surface area contributed by atoms with E-state index in [2.05, 4.69) is 25.3 Å². The summed E-state index contributed by atoms with van der Waals surface area (Å²) in [6, 6.07) is 8.66. The monoisotopic (exact) mass is 658 g/mol. The lowest BCUT2D eigenvalue weighted by atomic mass is 10.1. The predicted octanol–water partition coefficient (Wildman–Crippen LogP) is 4.42. The number of ether oxygens (including phenoxy) is 2. The molecule has 0 fully saturated rings. The van der Waals surface area contributed by atoms with E-state index in [1.54, 1.807) is 24.3 Å². The molecule has 0 unspecified atom stereocenters. The summed E-state index contributed by atoms with van der Waals surface area (Å²) in [7, 11) is 1.32. The minimum atomic E-state index is -4.87. The SMILES string of the molecule is C.COc1cc(C(=O)NCCN(C)C)c(Cl)cc1Nc1ncc(C(F)(F)F)c(O[C@@H]2Cc3ccccc3[C@H]2NS(C)(=O)=O)n1. The maximum absolute atomic E-state index is 14.0. The number of rotatable bonds is 11. The van der Waals surface area contributed by atoms with Crippen molar-refractivity contribution in [3.05, 3.63) is 69.9 Å². The van der Waals surface area contributed by atoms with Crippen LogP contribution in [0.2, 0.25) is 5.02 Å². The Bertz CT molecular complexity index is 1610. The lowest BCUT2D eigenvalue weighted by Gasteiger charge is -2.23. The van der Waals surface area contributed by atoms with Gasteiger partial charge < -0.3 is 25.0 Å². The van der Waals surface area contributed by atoms with E-state index >= 15 is 0 Å². The van der Waals surface area contributed by atoms with Crippen LogP contribution < -0.4 is 24.8 Å². The van der Waals surface area contributed by atoms with Crippen molar-refractivity contribution in [1.82, 2.24) is 24.9 Å². The van der Waals surface area contributed by atoms with E-state index in [-0.39, 0.29) is 41.8 Å². The van der Waals surface area contributed by atoms with Crippen molar-refractivity contribution in [1.29, 1.82) is 0 Å². The molecule has 11 nitrogen and oxygen atoms in total. The third kappa shape index (κ3) is 8.49. The number of alkyl halides is 3. The number of nitrogens with one attached hydrogen (secondary N) is 3. The summed E-state index contributed by atoms with van der Waals surface area (Å²) in [6.45, 7) is 0.979. The van der Waals surface area contributed by atoms with Gasteiger partial charge in [-0.2, -0.15) is 18.2 Å². The number of hydrogen-bond acceptors (Lipinski definition) is 9. The van der Waals surface area contributed by atoms with E-state index in [1.807, 2.05) is 19.0 Å². The number of methoxy groups -OCH3 is 1. The zero-order valence-electron chi connectivity index (χ0n) is 23.6. The lowest BCUT2D eigenvalue weighted by Crippen LogP contribution is -2.36. The molecule has 0 aliphatic heterocycles. The Morgan fingerprint density at radius 1 is 1.20 bits per heavy atom. The molecule has 4 rings (SSSR count). The summed E-state index contributed by atoms with van der Waals surface area (Å²) >= 11 is 6.37. The van der Waals surface area contributed by atoms with Gasteiger partial charge in [0, 0.05) is 25.7 Å². The standard InChI is InChI=1S/C27H30ClF3N6O5S.CH4/c1-37(2)10-9-32-24(38)17-12-21(41-3)20(13-19(17)28)34-26-33-14-18(27(29,30)31)25(35-26)42-22-11-15-7-5-6-8-16(15)23(22)36-43(4,39)40;/h5-8,12-14,22-23,36H,9-11H2,1-4H3,(H,32,38)(H,33,34,35);1H4/t22-,23-;/m1./s1. The zero-order chi connectivity index (χ0) is 31.5. The van der Waals surface area contributed by atoms with Gasteiger partial charge in [-0.25, -0.2) is 18.1 Å². The van der Waals surface area contributed by atoms with Crippen molar-refractivity contribution in [2.24, 2.45) is 0 Å². The fourth-order valence-electron chi connectivity index (χ4n) is 4.49. The fraction of sp³-hybridized carbons (Fsp3) is 0.393.